The minimum Gasteiger partial charge on any atom is -0.330 e. The summed E-state index contributed by atoms with van der Waals surface area (Å²) in [7, 11) is 0. The van der Waals surface area contributed by atoms with Crippen molar-refractivity contribution in [1.29, 1.82) is 0 Å². The lowest BCUT2D eigenvalue weighted by molar-refractivity contribution is 0.0685. The second-order valence-corrected chi connectivity index (χ2v) is 5.32. The number of rotatable bonds is 4. The van der Waals surface area contributed by atoms with Gasteiger partial charge in [-0.1, -0.05) is 6.07 Å². The van der Waals surface area contributed by atoms with E-state index in [2.05, 4.69) is 15.0 Å². The fourth-order valence-electron chi connectivity index (χ4n) is 2.09. The molecule has 0 unspecified atom stereocenters. The van der Waals surface area contributed by atoms with Gasteiger partial charge in [-0.25, -0.2) is 9.97 Å². The molecule has 0 aromatic carbocycles. The standard InChI is InChI=1S/C16H20N4O/c1-11(2)20(9-15-12(3)6-5-7-18-15)16(21)14-8-17-10-19-13(14)4/h5-8,10-11H,9H2,1-4H3. The summed E-state index contributed by atoms with van der Waals surface area (Å²) in [5.41, 5.74) is 3.23. The molecule has 2 aromatic heterocycles. The lowest BCUT2D eigenvalue weighted by Gasteiger charge is -2.27. The Morgan fingerprint density at radius 2 is 2.05 bits per heavy atom. The lowest BCUT2D eigenvalue weighted by atomic mass is 10.1. The molecular weight excluding hydrogens is 264 g/mol. The first-order chi connectivity index (χ1) is 10.0. The van der Waals surface area contributed by atoms with Crippen molar-refractivity contribution in [3.8, 4) is 0 Å². The van der Waals surface area contributed by atoms with Crippen molar-refractivity contribution >= 4 is 5.91 Å². The number of amides is 1. The minimum absolute atomic E-state index is 0.0619. The summed E-state index contributed by atoms with van der Waals surface area (Å²) in [4.78, 5) is 27.0. The predicted molar refractivity (Wildman–Crippen MR) is 80.8 cm³/mol. The van der Waals surface area contributed by atoms with E-state index in [0.29, 0.717) is 17.8 Å². The second-order valence-electron chi connectivity index (χ2n) is 5.32. The third kappa shape index (κ3) is 3.42. The fourth-order valence-corrected chi connectivity index (χ4v) is 2.09. The first-order valence-electron chi connectivity index (χ1n) is 6.98. The van der Waals surface area contributed by atoms with Gasteiger partial charge in [-0.2, -0.15) is 0 Å². The van der Waals surface area contributed by atoms with E-state index in [0.717, 1.165) is 11.3 Å². The molecule has 0 aliphatic carbocycles. The number of aryl methyl sites for hydroxylation is 2. The van der Waals surface area contributed by atoms with Crippen molar-refractivity contribution < 1.29 is 4.79 Å². The molecule has 2 heterocycles. The molecule has 1 amide bonds. The highest BCUT2D eigenvalue weighted by molar-refractivity contribution is 5.95. The third-order valence-corrected chi connectivity index (χ3v) is 3.46. The Morgan fingerprint density at radius 1 is 1.29 bits per heavy atom. The van der Waals surface area contributed by atoms with E-state index in [1.807, 2.05) is 39.8 Å². The van der Waals surface area contributed by atoms with Crippen LogP contribution in [-0.2, 0) is 6.54 Å². The zero-order valence-electron chi connectivity index (χ0n) is 12.9. The van der Waals surface area contributed by atoms with Crippen LogP contribution in [0.1, 0.15) is 41.2 Å². The molecule has 21 heavy (non-hydrogen) atoms. The molecule has 0 bridgehead atoms. The molecule has 0 radical (unpaired) electrons. The van der Waals surface area contributed by atoms with Gasteiger partial charge in [-0.05, 0) is 39.3 Å². The van der Waals surface area contributed by atoms with E-state index < -0.39 is 0 Å². The molecule has 0 atom stereocenters. The van der Waals surface area contributed by atoms with Crippen LogP contribution in [0.25, 0.3) is 0 Å². The Kier molecular flexibility index (Phi) is 4.62. The maximum absolute atomic E-state index is 12.7. The predicted octanol–water partition coefficient (Wildman–Crippen LogP) is 2.54. The average Bonchev–Trinajstić information content (AvgIpc) is 2.46. The van der Waals surface area contributed by atoms with Gasteiger partial charge in [0.05, 0.1) is 23.5 Å². The first-order valence-corrected chi connectivity index (χ1v) is 6.98. The van der Waals surface area contributed by atoms with Crippen LogP contribution < -0.4 is 0 Å². The Hall–Kier alpha value is -2.30. The highest BCUT2D eigenvalue weighted by Gasteiger charge is 2.22. The van der Waals surface area contributed by atoms with Gasteiger partial charge in [0, 0.05) is 18.4 Å². The zero-order chi connectivity index (χ0) is 15.4. The molecule has 0 N–H and O–H groups in total. The Balaban J connectivity index is 2.30. The van der Waals surface area contributed by atoms with E-state index in [4.69, 9.17) is 0 Å². The highest BCUT2D eigenvalue weighted by atomic mass is 16.2. The third-order valence-electron chi connectivity index (χ3n) is 3.46. The summed E-state index contributed by atoms with van der Waals surface area (Å²) in [6.07, 6.45) is 4.78. The van der Waals surface area contributed by atoms with Crippen molar-refractivity contribution in [2.75, 3.05) is 0 Å². The molecule has 0 aliphatic heterocycles. The molecular formula is C16H20N4O. The van der Waals surface area contributed by atoms with E-state index in [9.17, 15) is 4.79 Å². The normalized spacial score (nSPS) is 10.7. The van der Waals surface area contributed by atoms with E-state index in [1.54, 1.807) is 17.3 Å². The van der Waals surface area contributed by atoms with E-state index >= 15 is 0 Å². The van der Waals surface area contributed by atoms with Gasteiger partial charge in [0.1, 0.15) is 6.33 Å². The molecule has 5 nitrogen and oxygen atoms in total. The molecule has 0 saturated heterocycles. The van der Waals surface area contributed by atoms with Crippen LogP contribution in [0.5, 0.6) is 0 Å². The first kappa shape index (κ1) is 15.1. The second kappa shape index (κ2) is 6.43. The zero-order valence-corrected chi connectivity index (χ0v) is 12.9. The number of pyridine rings is 1. The van der Waals surface area contributed by atoms with Gasteiger partial charge < -0.3 is 4.90 Å². The molecule has 5 heteroatoms. The summed E-state index contributed by atoms with van der Waals surface area (Å²) in [6.45, 7) is 8.30. The van der Waals surface area contributed by atoms with Gasteiger partial charge in [0.15, 0.2) is 0 Å². The van der Waals surface area contributed by atoms with Crippen molar-refractivity contribution in [1.82, 2.24) is 19.9 Å². The molecule has 2 rings (SSSR count). The molecule has 110 valence electrons. The summed E-state index contributed by atoms with van der Waals surface area (Å²) in [5, 5.41) is 0. The number of carbonyl (C=O) groups excluding carboxylic acids is 1. The number of aromatic nitrogens is 3. The van der Waals surface area contributed by atoms with Gasteiger partial charge in [0.25, 0.3) is 5.91 Å². The van der Waals surface area contributed by atoms with Crippen molar-refractivity contribution in [2.24, 2.45) is 0 Å². The van der Waals surface area contributed by atoms with Crippen LogP contribution in [0, 0.1) is 13.8 Å². The fraction of sp³-hybridized carbons (Fsp3) is 0.375. The molecule has 0 saturated carbocycles. The van der Waals surface area contributed by atoms with Crippen LogP contribution in [0.15, 0.2) is 30.9 Å². The SMILES string of the molecule is Cc1cccnc1CN(C(=O)c1cncnc1C)C(C)C. The largest absolute Gasteiger partial charge is 0.330 e. The highest BCUT2D eigenvalue weighted by Crippen LogP contribution is 2.15. The van der Waals surface area contributed by atoms with Crippen LogP contribution in [0.3, 0.4) is 0 Å². The molecule has 2 aromatic rings. The van der Waals surface area contributed by atoms with E-state index in [-0.39, 0.29) is 11.9 Å². The average molecular weight is 284 g/mol. The summed E-state index contributed by atoms with van der Waals surface area (Å²) in [6, 6.07) is 3.97. The van der Waals surface area contributed by atoms with Crippen LogP contribution in [0.4, 0.5) is 0 Å². The van der Waals surface area contributed by atoms with Gasteiger partial charge in [-0.15, -0.1) is 0 Å². The number of hydrogen-bond donors (Lipinski definition) is 0. The number of hydrogen-bond acceptors (Lipinski definition) is 4. The van der Waals surface area contributed by atoms with Crippen LogP contribution in [0.2, 0.25) is 0 Å². The van der Waals surface area contributed by atoms with Crippen molar-refractivity contribution in [3.63, 3.8) is 0 Å². The smallest absolute Gasteiger partial charge is 0.257 e. The van der Waals surface area contributed by atoms with Crippen molar-refractivity contribution in [2.45, 2.75) is 40.3 Å². The summed E-state index contributed by atoms with van der Waals surface area (Å²) < 4.78 is 0. The molecule has 0 aliphatic rings. The van der Waals surface area contributed by atoms with Crippen molar-refractivity contribution in [3.05, 3.63) is 53.4 Å². The van der Waals surface area contributed by atoms with E-state index in [1.165, 1.54) is 6.33 Å². The Labute approximate surface area is 125 Å². The van der Waals surface area contributed by atoms with Gasteiger partial charge >= 0.3 is 0 Å². The quantitative estimate of drug-likeness (QED) is 0.865. The topological polar surface area (TPSA) is 59.0 Å². The van der Waals surface area contributed by atoms with Gasteiger partial charge in [0.2, 0.25) is 0 Å². The monoisotopic (exact) mass is 284 g/mol. The van der Waals surface area contributed by atoms with Crippen LogP contribution >= 0.6 is 0 Å². The number of carbonyl (C=O) groups is 1. The minimum atomic E-state index is -0.0619. The molecule has 0 spiro atoms. The van der Waals surface area contributed by atoms with Crippen LogP contribution in [-0.4, -0.2) is 31.8 Å². The van der Waals surface area contributed by atoms with Gasteiger partial charge in [-0.3, -0.25) is 9.78 Å². The Morgan fingerprint density at radius 3 is 2.67 bits per heavy atom. The number of nitrogens with zero attached hydrogens (tertiary/aromatic N) is 4. The summed E-state index contributed by atoms with van der Waals surface area (Å²) in [5.74, 6) is -0.0619. The maximum atomic E-state index is 12.7. The Bertz CT molecular complexity index is 640. The maximum Gasteiger partial charge on any atom is 0.257 e. The summed E-state index contributed by atoms with van der Waals surface area (Å²) >= 11 is 0. The lowest BCUT2D eigenvalue weighted by Crippen LogP contribution is -2.37. The molecule has 0 fully saturated rings.